The maximum absolute atomic E-state index is 6.81. The fraction of sp³-hybridized carbons (Fsp3) is 0.184. The Labute approximate surface area is 392 Å². The Morgan fingerprint density at radius 3 is 1.12 bits per heavy atom. The quantitative estimate of drug-likeness (QED) is 0.0722. The third-order valence-corrected chi connectivity index (χ3v) is 18.5. The molecule has 4 heterocycles. The standard InChI is InChI=1S/C20H24N.C18Cl12O6P/c1-15(20(2,3)4)21-13-16-9-5-7-11-18(16)19-12-8-6-10-17(19)14-21;19-1-2(20)8(26)14-13(7(1)25)31-37(32-14,33-15-9(27)3(21)4(22)10(28)16(15)34-37)35-17-11(29)5(23)6(24)12(30)18(17)36-37/h5-13,15H,14H2,1-4H3;/q+1;-1/t15-;/m1./s1. The molecular formula is C38H24Cl12NO6P. The molecule has 0 aromatic heterocycles. The van der Waals surface area contributed by atoms with E-state index in [9.17, 15) is 0 Å². The van der Waals surface area contributed by atoms with Crippen LogP contribution >= 0.6 is 147 Å². The molecule has 4 aliphatic rings. The predicted octanol–water partition coefficient (Wildman–Crippen LogP) is 17.6. The molecule has 1 atom stereocenters. The molecule has 0 amide bonds. The number of fused-ring (bicyclic) bond motifs is 6. The van der Waals surface area contributed by atoms with Crippen molar-refractivity contribution in [3.8, 4) is 45.6 Å². The first-order valence-electron chi connectivity index (χ1n) is 16.8. The Hall–Kier alpha value is -1.52. The minimum absolute atomic E-state index is 0.205. The van der Waals surface area contributed by atoms with Crippen LogP contribution in [0.15, 0.2) is 48.5 Å². The summed E-state index contributed by atoms with van der Waals surface area (Å²) >= 11 is 75.9. The van der Waals surface area contributed by atoms with Crippen LogP contribution < -0.4 is 27.1 Å². The molecule has 5 aromatic carbocycles. The van der Waals surface area contributed by atoms with E-state index in [-0.39, 0.29) is 100 Å². The molecule has 20 heteroatoms. The number of halogens is 12. The van der Waals surface area contributed by atoms with Crippen molar-refractivity contribution in [2.45, 2.75) is 40.3 Å². The van der Waals surface area contributed by atoms with Crippen LogP contribution in [0.2, 0.25) is 60.3 Å². The second-order valence-electron chi connectivity index (χ2n) is 14.5. The summed E-state index contributed by atoms with van der Waals surface area (Å²) in [5.41, 5.74) is 5.70. The molecule has 4 aliphatic heterocycles. The van der Waals surface area contributed by atoms with Gasteiger partial charge in [-0.15, -0.1) is 0 Å². The van der Waals surface area contributed by atoms with E-state index in [0.717, 1.165) is 6.54 Å². The Bertz CT molecular complexity index is 2400. The third-order valence-electron chi connectivity index (χ3n) is 9.89. The van der Waals surface area contributed by atoms with E-state index in [1.54, 1.807) is 0 Å². The van der Waals surface area contributed by atoms with Gasteiger partial charge in [0.2, 0.25) is 0 Å². The van der Waals surface area contributed by atoms with Crippen molar-refractivity contribution in [1.29, 1.82) is 0 Å². The molecule has 1 spiro atoms. The van der Waals surface area contributed by atoms with Crippen LogP contribution in [0.3, 0.4) is 0 Å². The number of nitrogens with zero attached hydrogens (tertiary/aromatic N) is 1. The Kier molecular flexibility index (Phi) is 10.6. The SMILES string of the molecule is C[C@@H]([N+]1=Cc2ccccc2-c2ccccc2C1)C(C)(C)C.Clc1c(Cl)c(Cl)c2c(c1Cl)O[P-]13(O2)(Oc2c(Cl)c(Cl)c(Cl)c(Cl)c2O1)Oc1c(Cl)c(Cl)c(Cl)c(Cl)c1O3. The van der Waals surface area contributed by atoms with Crippen molar-refractivity contribution in [1.82, 2.24) is 0 Å². The maximum atomic E-state index is 6.42. The van der Waals surface area contributed by atoms with Crippen molar-refractivity contribution >= 4 is 153 Å². The normalized spacial score (nSPS) is 18.4. The van der Waals surface area contributed by atoms with Crippen molar-refractivity contribution in [2.24, 2.45) is 5.41 Å². The van der Waals surface area contributed by atoms with Crippen molar-refractivity contribution < 1.29 is 31.7 Å². The van der Waals surface area contributed by atoms with Crippen molar-refractivity contribution in [3.63, 3.8) is 0 Å². The molecule has 58 heavy (non-hydrogen) atoms. The monoisotopic (exact) mass is 1040 g/mol. The molecule has 0 radical (unpaired) electrons. The zero-order chi connectivity index (χ0) is 42.1. The number of hydrogen-bond acceptors (Lipinski definition) is 6. The van der Waals surface area contributed by atoms with Crippen LogP contribution in [0.25, 0.3) is 11.1 Å². The predicted molar refractivity (Wildman–Crippen MR) is 240 cm³/mol. The number of benzene rings is 5. The van der Waals surface area contributed by atoms with Gasteiger partial charge in [0.1, 0.15) is 0 Å². The molecule has 306 valence electrons. The molecule has 0 N–H and O–H groups in total. The molecule has 5 aromatic rings. The summed E-state index contributed by atoms with van der Waals surface area (Å²) < 4.78 is 39.3. The Morgan fingerprint density at radius 1 is 0.466 bits per heavy atom. The summed E-state index contributed by atoms with van der Waals surface area (Å²) in [6.07, 6.45) is 2.34. The summed E-state index contributed by atoms with van der Waals surface area (Å²) in [6.45, 7) is 10.2. The first-order valence-corrected chi connectivity index (χ1v) is 23.6. The molecule has 7 nitrogen and oxygen atoms in total. The molecular weight excluding hydrogens is 1020 g/mol. The Morgan fingerprint density at radius 2 is 0.776 bits per heavy atom. The van der Waals surface area contributed by atoms with E-state index < -0.39 is 7.31 Å². The van der Waals surface area contributed by atoms with Gasteiger partial charge in [-0.05, 0) is 24.1 Å². The average molecular weight is 1050 g/mol. The van der Waals surface area contributed by atoms with Crippen LogP contribution in [0.5, 0.6) is 34.5 Å². The fourth-order valence-electron chi connectivity index (χ4n) is 6.60. The molecule has 0 saturated heterocycles. The van der Waals surface area contributed by atoms with E-state index in [1.807, 2.05) is 0 Å². The van der Waals surface area contributed by atoms with Crippen molar-refractivity contribution in [2.75, 3.05) is 0 Å². The molecule has 0 saturated carbocycles. The molecule has 0 aliphatic carbocycles. The van der Waals surface area contributed by atoms with E-state index in [1.165, 1.54) is 22.3 Å². The summed E-state index contributed by atoms with van der Waals surface area (Å²) in [4.78, 5) is 0. The first kappa shape index (κ1) is 43.1. The van der Waals surface area contributed by atoms with E-state index in [4.69, 9.17) is 166 Å². The van der Waals surface area contributed by atoms with Crippen LogP contribution in [0.1, 0.15) is 38.8 Å². The van der Waals surface area contributed by atoms with Gasteiger partial charge in [0.25, 0.3) is 0 Å². The second-order valence-corrected chi connectivity index (χ2v) is 22.4. The zero-order valence-corrected chi connectivity index (χ0v) is 39.8. The van der Waals surface area contributed by atoms with Gasteiger partial charge in [-0.2, -0.15) is 0 Å². The van der Waals surface area contributed by atoms with Gasteiger partial charge in [0, 0.05) is 16.5 Å². The number of hydrogen-bond donors (Lipinski definition) is 0. The summed E-state index contributed by atoms with van der Waals surface area (Å²) in [5.74, 6) is -2.13. The average Bonchev–Trinajstić information content (AvgIpc) is 3.76. The van der Waals surface area contributed by atoms with Gasteiger partial charge in [-0.25, -0.2) is 4.58 Å². The zero-order valence-electron chi connectivity index (χ0n) is 29.9. The topological polar surface area (TPSA) is 58.4 Å². The third kappa shape index (κ3) is 6.36. The summed E-state index contributed by atoms with van der Waals surface area (Å²) in [6, 6.07) is 18.0. The second kappa shape index (κ2) is 14.3. The fourth-order valence-corrected chi connectivity index (χ4v) is 13.5. The van der Waals surface area contributed by atoms with Crippen LogP contribution in [0, 0.1) is 5.41 Å². The molecule has 9 rings (SSSR count). The molecule has 0 fully saturated rings. The van der Waals surface area contributed by atoms with E-state index >= 15 is 0 Å². The van der Waals surface area contributed by atoms with Crippen LogP contribution in [0.4, 0.5) is 0 Å². The van der Waals surface area contributed by atoms with Crippen LogP contribution in [-0.4, -0.2) is 16.8 Å². The molecule has 0 unspecified atom stereocenters. The number of rotatable bonds is 1. The van der Waals surface area contributed by atoms with E-state index in [0.29, 0.717) is 6.04 Å². The van der Waals surface area contributed by atoms with Gasteiger partial charge in [-0.3, -0.25) is 0 Å². The summed E-state index contributed by atoms with van der Waals surface area (Å²) in [5, 5.41) is -2.92. The van der Waals surface area contributed by atoms with E-state index in [2.05, 4.69) is 87.0 Å². The minimum atomic E-state index is -6.81. The van der Waals surface area contributed by atoms with Gasteiger partial charge in [0.15, 0.2) is 18.8 Å². The molecule has 0 bridgehead atoms. The van der Waals surface area contributed by atoms with Gasteiger partial charge in [-0.1, -0.05) is 63.2 Å². The first-order chi connectivity index (χ1) is 27.1. The Balaban J connectivity index is 0.000000189. The summed E-state index contributed by atoms with van der Waals surface area (Å²) in [7, 11) is -6.81. The van der Waals surface area contributed by atoms with Gasteiger partial charge >= 0.3 is 268 Å². The van der Waals surface area contributed by atoms with Crippen LogP contribution in [-0.2, 0) is 6.54 Å². The van der Waals surface area contributed by atoms with Crippen molar-refractivity contribution in [3.05, 3.63) is 120 Å². The van der Waals surface area contributed by atoms with Gasteiger partial charge in [0.05, 0.1) is 0 Å². The van der Waals surface area contributed by atoms with Gasteiger partial charge < -0.3 is 0 Å².